The summed E-state index contributed by atoms with van der Waals surface area (Å²) in [5.74, 6) is 0. The summed E-state index contributed by atoms with van der Waals surface area (Å²) in [7, 11) is 2.14. The minimum absolute atomic E-state index is 1.08. The first kappa shape index (κ1) is 15.7. The lowest BCUT2D eigenvalue weighted by Gasteiger charge is -2.10. The highest BCUT2D eigenvalue weighted by molar-refractivity contribution is 5.13. The molecule has 0 aromatic carbocycles. The molecule has 0 spiro atoms. The second kappa shape index (κ2) is 10.4. The molecule has 14 heavy (non-hydrogen) atoms. The third kappa shape index (κ3) is 6.76. The maximum atomic E-state index is 3.48. The quantitative estimate of drug-likeness (QED) is 0.569. The zero-order chi connectivity index (χ0) is 11.6. The Hall–Kier alpha value is -0.720. The lowest BCUT2D eigenvalue weighted by Crippen LogP contribution is -2.10. The molecule has 0 unspecified atom stereocenters. The fraction of sp³-hybridized carbons (Fsp3) is 0.692. The van der Waals surface area contributed by atoms with Crippen LogP contribution in [0, 0.1) is 0 Å². The van der Waals surface area contributed by atoms with Crippen molar-refractivity contribution >= 4 is 0 Å². The van der Waals surface area contributed by atoms with E-state index in [9.17, 15) is 0 Å². The number of nitrogens with zero attached hydrogens (tertiary/aromatic N) is 1. The van der Waals surface area contributed by atoms with E-state index in [-0.39, 0.29) is 0 Å². The van der Waals surface area contributed by atoms with E-state index in [1.807, 2.05) is 19.9 Å². The first-order chi connectivity index (χ1) is 6.63. The highest BCUT2D eigenvalue weighted by Gasteiger charge is 2.09. The zero-order valence-corrected chi connectivity index (χ0v) is 10.9. The van der Waals surface area contributed by atoms with Gasteiger partial charge in [-0.3, -0.25) is 0 Å². The molecule has 84 valence electrons. The molecule has 0 aromatic rings. The molecule has 0 aliphatic carbocycles. The van der Waals surface area contributed by atoms with E-state index in [1.54, 1.807) is 5.57 Å². The highest BCUT2D eigenvalue weighted by Crippen LogP contribution is 2.18. The molecule has 1 nitrogen and oxygen atoms in total. The second-order valence-electron chi connectivity index (χ2n) is 3.23. The molecular weight excluding hydrogens is 170 g/mol. The lowest BCUT2D eigenvalue weighted by atomic mass is 10.2. The van der Waals surface area contributed by atoms with Crippen LogP contribution < -0.4 is 0 Å². The van der Waals surface area contributed by atoms with Crippen LogP contribution in [-0.2, 0) is 0 Å². The van der Waals surface area contributed by atoms with Crippen molar-refractivity contribution in [3.8, 4) is 0 Å². The molecule has 0 amide bonds. The molecule has 0 radical (unpaired) electrons. The van der Waals surface area contributed by atoms with Crippen LogP contribution in [0.2, 0.25) is 0 Å². The van der Waals surface area contributed by atoms with Gasteiger partial charge in [-0.05, 0) is 26.7 Å². The van der Waals surface area contributed by atoms with Crippen LogP contribution in [0.5, 0.6) is 0 Å². The topological polar surface area (TPSA) is 3.24 Å². The van der Waals surface area contributed by atoms with Gasteiger partial charge in [0, 0.05) is 19.3 Å². The van der Waals surface area contributed by atoms with Gasteiger partial charge < -0.3 is 4.90 Å². The van der Waals surface area contributed by atoms with E-state index in [1.165, 1.54) is 18.7 Å². The molecule has 0 N–H and O–H groups in total. The lowest BCUT2D eigenvalue weighted by molar-refractivity contribution is 0.460. The maximum absolute atomic E-state index is 3.48. The monoisotopic (exact) mass is 197 g/mol. The maximum Gasteiger partial charge on any atom is 0.0209 e. The van der Waals surface area contributed by atoms with Gasteiger partial charge in [0.15, 0.2) is 0 Å². The summed E-state index contributed by atoms with van der Waals surface area (Å²) >= 11 is 0. The Balaban J connectivity index is 0. The van der Waals surface area contributed by atoms with Crippen molar-refractivity contribution in [2.75, 3.05) is 13.6 Å². The molecule has 0 aromatic heterocycles. The summed E-state index contributed by atoms with van der Waals surface area (Å²) in [5, 5.41) is 0. The number of allylic oxidation sites excluding steroid dienone is 2. The summed E-state index contributed by atoms with van der Waals surface area (Å²) in [6.45, 7) is 15.2. The van der Waals surface area contributed by atoms with E-state index >= 15 is 0 Å². The largest absolute Gasteiger partial charge is 0.378 e. The summed E-state index contributed by atoms with van der Waals surface area (Å²) < 4.78 is 0. The van der Waals surface area contributed by atoms with Crippen molar-refractivity contribution in [1.29, 1.82) is 0 Å². The molecule has 0 atom stereocenters. The molecule has 1 rings (SSSR count). The minimum Gasteiger partial charge on any atom is -0.378 e. The van der Waals surface area contributed by atoms with Crippen molar-refractivity contribution in [1.82, 2.24) is 4.90 Å². The predicted molar refractivity (Wildman–Crippen MR) is 67.5 cm³/mol. The molecule has 0 saturated carbocycles. The van der Waals surface area contributed by atoms with Crippen LogP contribution >= 0.6 is 0 Å². The van der Waals surface area contributed by atoms with Gasteiger partial charge in [0.1, 0.15) is 0 Å². The molecule has 1 heterocycles. The molecule has 1 aliphatic rings. The van der Waals surface area contributed by atoms with Crippen molar-refractivity contribution in [3.05, 3.63) is 23.9 Å². The van der Waals surface area contributed by atoms with Gasteiger partial charge in [-0.1, -0.05) is 32.4 Å². The molecule has 1 aliphatic heterocycles. The van der Waals surface area contributed by atoms with Gasteiger partial charge in [-0.25, -0.2) is 0 Å². The third-order valence-corrected chi connectivity index (χ3v) is 2.30. The van der Waals surface area contributed by atoms with E-state index in [4.69, 9.17) is 0 Å². The van der Waals surface area contributed by atoms with Gasteiger partial charge in [0.05, 0.1) is 0 Å². The van der Waals surface area contributed by atoms with Crippen molar-refractivity contribution in [2.24, 2.45) is 0 Å². The molecule has 0 saturated heterocycles. The first-order valence-electron chi connectivity index (χ1n) is 5.61. The van der Waals surface area contributed by atoms with E-state index < -0.39 is 0 Å². The molecular formula is C13H27N. The van der Waals surface area contributed by atoms with E-state index in [2.05, 4.69) is 39.3 Å². The number of rotatable bonds is 1. The van der Waals surface area contributed by atoms with Gasteiger partial charge in [0.2, 0.25) is 0 Å². The second-order valence-corrected chi connectivity index (χ2v) is 3.23. The van der Waals surface area contributed by atoms with Gasteiger partial charge in [-0.2, -0.15) is 0 Å². The molecule has 1 heteroatoms. The zero-order valence-electron chi connectivity index (χ0n) is 10.9. The van der Waals surface area contributed by atoms with Crippen LogP contribution in [0.15, 0.2) is 23.9 Å². The summed E-state index contributed by atoms with van der Waals surface area (Å²) in [4.78, 5) is 2.30. The van der Waals surface area contributed by atoms with Crippen molar-refractivity contribution in [2.45, 2.75) is 47.5 Å². The summed E-state index contributed by atoms with van der Waals surface area (Å²) in [5.41, 5.74) is 3.01. The van der Waals surface area contributed by atoms with Gasteiger partial charge >= 0.3 is 0 Å². The Morgan fingerprint density at radius 3 is 1.86 bits per heavy atom. The highest BCUT2D eigenvalue weighted by atomic mass is 15.1. The fourth-order valence-electron chi connectivity index (χ4n) is 1.01. The average molecular weight is 197 g/mol. The predicted octanol–water partition coefficient (Wildman–Crippen LogP) is 4.22. The van der Waals surface area contributed by atoms with E-state index in [0.717, 1.165) is 6.42 Å². The summed E-state index contributed by atoms with van der Waals surface area (Å²) in [6, 6.07) is 0. The van der Waals surface area contributed by atoms with Crippen LogP contribution in [-0.4, -0.2) is 18.5 Å². The normalized spacial score (nSPS) is 14.0. The smallest absolute Gasteiger partial charge is 0.0209 e. The SMILES string of the molecule is C=CCC.CC.CC1=C(C)N(C)CC1. The van der Waals surface area contributed by atoms with Gasteiger partial charge in [-0.15, -0.1) is 6.58 Å². The van der Waals surface area contributed by atoms with Crippen LogP contribution in [0.25, 0.3) is 0 Å². The number of hydrogen-bond donors (Lipinski definition) is 0. The Morgan fingerprint density at radius 1 is 1.36 bits per heavy atom. The Kier molecular flexibility index (Phi) is 11.6. The minimum atomic E-state index is 1.08. The fourth-order valence-corrected chi connectivity index (χ4v) is 1.01. The number of hydrogen-bond acceptors (Lipinski definition) is 1. The van der Waals surface area contributed by atoms with Crippen LogP contribution in [0.3, 0.4) is 0 Å². The van der Waals surface area contributed by atoms with E-state index in [0.29, 0.717) is 0 Å². The van der Waals surface area contributed by atoms with Crippen molar-refractivity contribution in [3.63, 3.8) is 0 Å². The summed E-state index contributed by atoms with van der Waals surface area (Å²) in [6.07, 6.45) is 4.22. The standard InChI is InChI=1S/C7H13N.C4H8.C2H6/c1-6-4-5-8(3)7(6)2;1-3-4-2;1-2/h4-5H2,1-3H3;3H,1,4H2,2H3;1-2H3. The van der Waals surface area contributed by atoms with Gasteiger partial charge in [0.25, 0.3) is 0 Å². The molecule has 0 bridgehead atoms. The van der Waals surface area contributed by atoms with Crippen LogP contribution in [0.1, 0.15) is 47.5 Å². The van der Waals surface area contributed by atoms with Crippen LogP contribution in [0.4, 0.5) is 0 Å². The third-order valence-electron chi connectivity index (χ3n) is 2.30. The molecule has 0 fully saturated rings. The Bertz CT molecular complexity index is 168. The Morgan fingerprint density at radius 2 is 1.79 bits per heavy atom. The first-order valence-corrected chi connectivity index (χ1v) is 5.61. The van der Waals surface area contributed by atoms with Crippen molar-refractivity contribution < 1.29 is 0 Å². The Labute approximate surface area is 90.5 Å². The average Bonchev–Trinajstić information content (AvgIpc) is 2.53.